The standard InChI is InChI=1S/C30H23F3N6O4S/c1-19-26(27-35-15-16-37(27)23-11-9-22(34-2)10-12-23)39(28(40)36-18-20-7-13-25(14-8-20)44(3,42)43)29(41)38(19)24-6-4-5-21(17-24)30(31,32)33/h4-17H,18H2,1,3H3,(H,36,40). The highest BCUT2D eigenvalue weighted by atomic mass is 32.2. The zero-order valence-electron chi connectivity index (χ0n) is 23.2. The van der Waals surface area contributed by atoms with Crippen LogP contribution < -0.4 is 11.0 Å². The van der Waals surface area contributed by atoms with Crippen LogP contribution >= 0.6 is 0 Å². The van der Waals surface area contributed by atoms with Crippen molar-refractivity contribution in [1.29, 1.82) is 0 Å². The summed E-state index contributed by atoms with van der Waals surface area (Å²) in [6.07, 6.45) is -0.580. The van der Waals surface area contributed by atoms with Gasteiger partial charge in [-0.15, -0.1) is 0 Å². The van der Waals surface area contributed by atoms with E-state index in [2.05, 4.69) is 15.1 Å². The van der Waals surface area contributed by atoms with Crippen LogP contribution in [0.25, 0.3) is 27.7 Å². The first-order valence-electron chi connectivity index (χ1n) is 12.9. The molecule has 0 spiro atoms. The number of rotatable bonds is 6. The van der Waals surface area contributed by atoms with Crippen molar-refractivity contribution in [3.8, 4) is 22.9 Å². The zero-order chi connectivity index (χ0) is 31.8. The van der Waals surface area contributed by atoms with Gasteiger partial charge < -0.3 is 5.32 Å². The lowest BCUT2D eigenvalue weighted by Gasteiger charge is -2.12. The predicted octanol–water partition coefficient (Wildman–Crippen LogP) is 5.53. The van der Waals surface area contributed by atoms with Crippen molar-refractivity contribution in [1.82, 2.24) is 24.0 Å². The van der Waals surface area contributed by atoms with Gasteiger partial charge in [-0.3, -0.25) is 9.13 Å². The highest BCUT2D eigenvalue weighted by molar-refractivity contribution is 7.90. The minimum Gasteiger partial charge on any atom is -0.333 e. The number of benzene rings is 3. The summed E-state index contributed by atoms with van der Waals surface area (Å²) in [5.74, 6) is 0.147. The first kappa shape index (κ1) is 30.1. The zero-order valence-corrected chi connectivity index (χ0v) is 24.0. The van der Waals surface area contributed by atoms with E-state index < -0.39 is 33.3 Å². The summed E-state index contributed by atoms with van der Waals surface area (Å²) < 4.78 is 67.6. The van der Waals surface area contributed by atoms with E-state index in [1.54, 1.807) is 35.0 Å². The van der Waals surface area contributed by atoms with Crippen LogP contribution in [0, 0.1) is 13.5 Å². The first-order chi connectivity index (χ1) is 20.8. The molecular formula is C30H23F3N6O4S. The van der Waals surface area contributed by atoms with E-state index in [0.29, 0.717) is 16.9 Å². The summed E-state index contributed by atoms with van der Waals surface area (Å²) in [6, 6.07) is 15.6. The molecule has 5 aromatic rings. The maximum Gasteiger partial charge on any atom is 0.416 e. The molecule has 0 aliphatic rings. The number of imidazole rings is 2. The largest absolute Gasteiger partial charge is 0.416 e. The van der Waals surface area contributed by atoms with Gasteiger partial charge in [-0.05, 0) is 55.0 Å². The summed E-state index contributed by atoms with van der Waals surface area (Å²) in [4.78, 5) is 35.3. The molecule has 0 aliphatic carbocycles. The van der Waals surface area contributed by atoms with Gasteiger partial charge in [0.25, 0.3) is 0 Å². The molecule has 0 bridgehead atoms. The molecule has 5 rings (SSSR count). The number of aromatic nitrogens is 4. The predicted molar refractivity (Wildman–Crippen MR) is 156 cm³/mol. The van der Waals surface area contributed by atoms with Crippen molar-refractivity contribution in [3.05, 3.63) is 124 Å². The van der Waals surface area contributed by atoms with E-state index in [0.717, 1.165) is 27.5 Å². The Balaban J connectivity index is 1.63. The molecule has 14 heteroatoms. The van der Waals surface area contributed by atoms with Gasteiger partial charge in [-0.2, -0.15) is 13.2 Å². The summed E-state index contributed by atoms with van der Waals surface area (Å²) >= 11 is 0. The number of carbonyl (C=O) groups excluding carboxylic acids is 1. The van der Waals surface area contributed by atoms with E-state index in [4.69, 9.17) is 6.57 Å². The SMILES string of the molecule is [C-]#[N+]c1ccc(-n2ccnc2-c2c(C)n(-c3cccc(C(F)(F)F)c3)c(=O)n2C(=O)NCc2ccc(S(C)(=O)=O)cc2)cc1. The Hall–Kier alpha value is -5.42. The van der Waals surface area contributed by atoms with E-state index >= 15 is 0 Å². The van der Waals surface area contributed by atoms with Gasteiger partial charge in [0.1, 0.15) is 5.69 Å². The Bertz CT molecular complexity index is 2090. The fraction of sp³-hybridized carbons (Fsp3) is 0.133. The third-order valence-electron chi connectivity index (χ3n) is 6.82. The van der Waals surface area contributed by atoms with Crippen LogP contribution in [-0.2, 0) is 22.6 Å². The number of nitrogens with zero attached hydrogens (tertiary/aromatic N) is 5. The summed E-state index contributed by atoms with van der Waals surface area (Å²) in [5.41, 5.74) is -0.353. The second-order valence-electron chi connectivity index (χ2n) is 9.76. The number of nitrogens with one attached hydrogen (secondary N) is 1. The smallest absolute Gasteiger partial charge is 0.333 e. The van der Waals surface area contributed by atoms with E-state index in [9.17, 15) is 31.2 Å². The highest BCUT2D eigenvalue weighted by Crippen LogP contribution is 2.32. The van der Waals surface area contributed by atoms with Crippen molar-refractivity contribution in [2.45, 2.75) is 24.5 Å². The van der Waals surface area contributed by atoms with Crippen LogP contribution in [-0.4, -0.2) is 39.4 Å². The second kappa shape index (κ2) is 11.3. The molecule has 2 heterocycles. The normalized spacial score (nSPS) is 11.7. The lowest BCUT2D eigenvalue weighted by Crippen LogP contribution is -2.37. The third kappa shape index (κ3) is 5.77. The monoisotopic (exact) mass is 620 g/mol. The Morgan fingerprint density at radius 1 is 1.02 bits per heavy atom. The molecule has 0 aliphatic heterocycles. The minimum atomic E-state index is -4.67. The van der Waals surface area contributed by atoms with Crippen molar-refractivity contribution in [2.75, 3.05) is 6.26 Å². The molecule has 10 nitrogen and oxygen atoms in total. The average Bonchev–Trinajstić information content (AvgIpc) is 3.57. The number of halogens is 3. The first-order valence-corrected chi connectivity index (χ1v) is 14.8. The quantitative estimate of drug-likeness (QED) is 0.251. The minimum absolute atomic E-state index is 0.0246. The fourth-order valence-electron chi connectivity index (χ4n) is 4.67. The number of amides is 1. The molecule has 0 saturated heterocycles. The molecule has 0 unspecified atom stereocenters. The maximum absolute atomic E-state index is 13.9. The molecule has 44 heavy (non-hydrogen) atoms. The number of hydrogen-bond acceptors (Lipinski definition) is 5. The van der Waals surface area contributed by atoms with Gasteiger partial charge in [0.05, 0.1) is 28.4 Å². The number of alkyl halides is 3. The number of hydrogen-bond donors (Lipinski definition) is 1. The van der Waals surface area contributed by atoms with Gasteiger partial charge >= 0.3 is 17.9 Å². The average molecular weight is 621 g/mol. The Morgan fingerprint density at radius 3 is 2.32 bits per heavy atom. The molecule has 1 amide bonds. The van der Waals surface area contributed by atoms with E-state index in [1.807, 2.05) is 0 Å². The molecular weight excluding hydrogens is 597 g/mol. The van der Waals surface area contributed by atoms with Crippen molar-refractivity contribution >= 4 is 21.6 Å². The molecule has 2 aromatic heterocycles. The topological polar surface area (TPSA) is 112 Å². The van der Waals surface area contributed by atoms with E-state index in [-0.39, 0.29) is 34.3 Å². The lowest BCUT2D eigenvalue weighted by molar-refractivity contribution is -0.137. The molecule has 224 valence electrons. The van der Waals surface area contributed by atoms with Gasteiger partial charge in [0, 0.05) is 30.9 Å². The molecule has 0 saturated carbocycles. The molecule has 1 N–H and O–H groups in total. The summed E-state index contributed by atoms with van der Waals surface area (Å²) in [7, 11) is -3.43. The molecule has 0 fully saturated rings. The van der Waals surface area contributed by atoms with Crippen LogP contribution in [0.2, 0.25) is 0 Å². The highest BCUT2D eigenvalue weighted by Gasteiger charge is 2.32. The maximum atomic E-state index is 13.9. The Morgan fingerprint density at radius 2 is 1.70 bits per heavy atom. The van der Waals surface area contributed by atoms with Crippen LogP contribution in [0.4, 0.5) is 23.7 Å². The van der Waals surface area contributed by atoms with Crippen LogP contribution in [0.5, 0.6) is 0 Å². The van der Waals surface area contributed by atoms with Crippen LogP contribution in [0.1, 0.15) is 16.8 Å². The molecule has 0 radical (unpaired) electrons. The van der Waals surface area contributed by atoms with Crippen molar-refractivity contribution < 1.29 is 26.4 Å². The molecule has 0 atom stereocenters. The van der Waals surface area contributed by atoms with Gasteiger partial charge in [-0.1, -0.05) is 30.3 Å². The van der Waals surface area contributed by atoms with Crippen molar-refractivity contribution in [2.24, 2.45) is 0 Å². The number of carbonyl (C=O) groups is 1. The molecule has 3 aromatic carbocycles. The van der Waals surface area contributed by atoms with Crippen LogP contribution in [0.15, 0.2) is 94.9 Å². The van der Waals surface area contributed by atoms with Gasteiger partial charge in [0.15, 0.2) is 21.3 Å². The Labute approximate surface area is 249 Å². The van der Waals surface area contributed by atoms with Crippen LogP contribution in [0.3, 0.4) is 0 Å². The lowest BCUT2D eigenvalue weighted by atomic mass is 10.2. The van der Waals surface area contributed by atoms with Crippen molar-refractivity contribution in [3.63, 3.8) is 0 Å². The van der Waals surface area contributed by atoms with Gasteiger partial charge in [-0.25, -0.2) is 32.4 Å². The van der Waals surface area contributed by atoms with E-state index in [1.165, 1.54) is 49.5 Å². The summed E-state index contributed by atoms with van der Waals surface area (Å²) in [6.45, 7) is 8.60. The fourth-order valence-corrected chi connectivity index (χ4v) is 5.30. The third-order valence-corrected chi connectivity index (χ3v) is 7.95. The summed E-state index contributed by atoms with van der Waals surface area (Å²) in [5, 5.41) is 2.63. The van der Waals surface area contributed by atoms with Gasteiger partial charge in [0.2, 0.25) is 0 Å². The second-order valence-corrected chi connectivity index (χ2v) is 11.8. The Kier molecular flexibility index (Phi) is 7.75. The number of sulfone groups is 1.